The van der Waals surface area contributed by atoms with Crippen LogP contribution in [0.1, 0.15) is 72.9 Å². The molecule has 2 aromatic heterocycles. The Morgan fingerprint density at radius 1 is 0.519 bits per heavy atom. The molecule has 0 radical (unpaired) electrons. The fourth-order valence-electron chi connectivity index (χ4n) is 9.22. The van der Waals surface area contributed by atoms with Crippen molar-refractivity contribution in [3.05, 3.63) is 251 Å². The Kier molecular flexibility index (Phi) is 17.2. The summed E-state index contributed by atoms with van der Waals surface area (Å²) in [4.78, 5) is 44.7. The number of benzene rings is 7. The third-order valence-electron chi connectivity index (χ3n) is 13.0. The Labute approximate surface area is 460 Å². The molecule has 0 aliphatic carbocycles. The van der Waals surface area contributed by atoms with Gasteiger partial charge in [0.2, 0.25) is 0 Å². The third-order valence-corrected chi connectivity index (χ3v) is 13.0. The molecule has 7 aromatic carbocycles. The number of likely N-dealkylation sites (N-methyl/N-ethyl adjacent to an activating group) is 1. The van der Waals surface area contributed by atoms with Crippen molar-refractivity contribution in [3.8, 4) is 11.5 Å². The van der Waals surface area contributed by atoms with E-state index in [0.29, 0.717) is 56.8 Å². The molecule has 0 bridgehead atoms. The van der Waals surface area contributed by atoms with Crippen LogP contribution >= 0.6 is 0 Å². The van der Waals surface area contributed by atoms with Crippen molar-refractivity contribution in [3.63, 3.8) is 0 Å². The average molecular weight is 1060 g/mol. The zero-order valence-corrected chi connectivity index (χ0v) is 45.1. The molecule has 79 heavy (non-hydrogen) atoms. The number of aromatic nitrogens is 2. The standard InChI is InChI=1S/C58H53N3O9.C8H10O/c1-38(66-34-39-20-10-6-11-21-39)53(69-37-42-26-16-9-17-27-42)56(64)60-32-45(43-28-18-30-47(51(43)60)67-35-40-22-12-7-13-23-40)49-50(55(63)59(5)54(49)62)46-33-61(57(65)70-58(2,3)4)52-44(46)29-19-31-48(52)68-36-41-24-14-8-15-25-41;1-9-7-8-5-3-2-4-6-8/h6-33,56,64H,34-37H2,1-5H3;2-6H,7H2,1H3/b53-38-;. The quantitative estimate of drug-likeness (QED) is 0.0652. The van der Waals surface area contributed by atoms with Gasteiger partial charge in [-0.1, -0.05) is 176 Å². The van der Waals surface area contributed by atoms with Gasteiger partial charge in [-0.15, -0.1) is 0 Å². The van der Waals surface area contributed by atoms with E-state index in [4.69, 9.17) is 28.4 Å². The van der Waals surface area contributed by atoms with Gasteiger partial charge in [0.05, 0.1) is 23.3 Å². The molecule has 1 unspecified atom stereocenters. The fraction of sp³-hybridized carbons (Fsp3) is 0.197. The number of amides is 2. The topological polar surface area (TPSA) is 140 Å². The van der Waals surface area contributed by atoms with Crippen LogP contribution in [-0.2, 0) is 61.6 Å². The zero-order valence-electron chi connectivity index (χ0n) is 45.1. The smallest absolute Gasteiger partial charge is 0.419 e. The van der Waals surface area contributed by atoms with Crippen molar-refractivity contribution in [1.82, 2.24) is 14.0 Å². The number of fused-ring (bicyclic) bond motifs is 2. The molecule has 1 N–H and O–H groups in total. The SMILES string of the molecule is C/C(OCc1ccccc1)=C(/OCc1ccccc1)C(O)n1cc(C2=C(c3cn(C(=O)OC(C)(C)C)c4c(OCc5ccccc5)cccc34)C(=O)N(C)C2=O)c2cccc(OCc3ccccc3)c21.COCc1ccccc1. The van der Waals surface area contributed by atoms with E-state index in [1.807, 2.05) is 158 Å². The van der Waals surface area contributed by atoms with Crippen molar-refractivity contribution in [2.75, 3.05) is 14.2 Å². The monoisotopic (exact) mass is 1060 g/mol. The van der Waals surface area contributed by atoms with Gasteiger partial charge in [-0.05, 0) is 67.6 Å². The molecule has 0 spiro atoms. The van der Waals surface area contributed by atoms with Crippen molar-refractivity contribution in [2.45, 2.75) is 72.6 Å². The van der Waals surface area contributed by atoms with Crippen LogP contribution in [0.2, 0.25) is 0 Å². The highest BCUT2D eigenvalue weighted by atomic mass is 16.6. The second-order valence-electron chi connectivity index (χ2n) is 19.9. The maximum absolute atomic E-state index is 14.8. The first kappa shape index (κ1) is 54.6. The number of nitrogens with zero attached hydrogens (tertiary/aromatic N) is 3. The van der Waals surface area contributed by atoms with Crippen LogP contribution in [0.5, 0.6) is 11.5 Å². The lowest BCUT2D eigenvalue weighted by molar-refractivity contribution is -0.134. The number of imide groups is 1. The van der Waals surface area contributed by atoms with Crippen LogP contribution in [0, 0.1) is 0 Å². The first-order valence-corrected chi connectivity index (χ1v) is 26.0. The van der Waals surface area contributed by atoms with Crippen molar-refractivity contribution >= 4 is 50.9 Å². The zero-order chi connectivity index (χ0) is 55.5. The van der Waals surface area contributed by atoms with Crippen LogP contribution in [0.15, 0.2) is 212 Å². The molecule has 13 nitrogen and oxygen atoms in total. The minimum atomic E-state index is -1.54. The molecule has 10 rings (SSSR count). The second-order valence-corrected chi connectivity index (χ2v) is 19.9. The molecule has 0 saturated heterocycles. The number of hydrogen-bond acceptors (Lipinski definition) is 10. The molecule has 1 atom stereocenters. The number of rotatable bonds is 18. The Bertz CT molecular complexity index is 3620. The minimum Gasteiger partial charge on any atom is -0.490 e. The van der Waals surface area contributed by atoms with Gasteiger partial charge in [-0.25, -0.2) is 9.36 Å². The molecule has 0 fully saturated rings. The molecule has 2 amide bonds. The Morgan fingerprint density at radius 2 is 0.924 bits per heavy atom. The Balaban J connectivity index is 0.000000765. The average Bonchev–Trinajstić information content (AvgIpc) is 4.34. The number of methoxy groups -OCH3 is 1. The molecule has 3 heterocycles. The first-order valence-electron chi connectivity index (χ1n) is 26.0. The molecule has 9 aromatic rings. The summed E-state index contributed by atoms with van der Waals surface area (Å²) < 4.78 is 39.5. The Hall–Kier alpha value is -9.17. The van der Waals surface area contributed by atoms with Gasteiger partial charge < -0.3 is 38.1 Å². The number of aliphatic hydroxyl groups is 1. The fourth-order valence-corrected chi connectivity index (χ4v) is 9.22. The van der Waals surface area contributed by atoms with E-state index < -0.39 is 29.7 Å². The largest absolute Gasteiger partial charge is 0.490 e. The molecular weight excluding hydrogens is 995 g/mol. The van der Waals surface area contributed by atoms with Gasteiger partial charge in [0.15, 0.2) is 12.0 Å². The minimum absolute atomic E-state index is 0.0441. The number of hydrogen-bond donors (Lipinski definition) is 1. The van der Waals surface area contributed by atoms with Gasteiger partial charge in [-0.3, -0.25) is 14.5 Å². The predicted octanol–water partition coefficient (Wildman–Crippen LogP) is 13.4. The lowest BCUT2D eigenvalue weighted by Crippen LogP contribution is -2.27. The first-order chi connectivity index (χ1) is 38.3. The van der Waals surface area contributed by atoms with Crippen LogP contribution < -0.4 is 9.47 Å². The molecule has 1 aliphatic heterocycles. The highest BCUT2D eigenvalue weighted by molar-refractivity contribution is 6.50. The van der Waals surface area contributed by atoms with Crippen molar-refractivity contribution < 1.29 is 47.9 Å². The van der Waals surface area contributed by atoms with E-state index in [9.17, 15) is 19.5 Å². The molecule has 13 heteroatoms. The number of para-hydroxylation sites is 2. The number of allylic oxidation sites excluding steroid dienone is 1. The van der Waals surface area contributed by atoms with Crippen LogP contribution in [0.25, 0.3) is 33.0 Å². The van der Waals surface area contributed by atoms with E-state index in [1.54, 1.807) is 75.9 Å². The van der Waals surface area contributed by atoms with E-state index >= 15 is 0 Å². The highest BCUT2D eigenvalue weighted by Gasteiger charge is 2.41. The maximum Gasteiger partial charge on any atom is 0.419 e. The summed E-state index contributed by atoms with van der Waals surface area (Å²) in [5, 5.41) is 13.8. The van der Waals surface area contributed by atoms with Gasteiger partial charge in [0.1, 0.15) is 54.8 Å². The van der Waals surface area contributed by atoms with E-state index in [-0.39, 0.29) is 43.3 Å². The number of aliphatic hydroxyl groups excluding tert-OH is 1. The summed E-state index contributed by atoms with van der Waals surface area (Å²) in [5.41, 5.74) is 5.46. The summed E-state index contributed by atoms with van der Waals surface area (Å²) in [7, 11) is 3.13. The van der Waals surface area contributed by atoms with Gasteiger partial charge >= 0.3 is 6.09 Å². The number of carbonyl (C=O) groups is 3. The summed E-state index contributed by atoms with van der Waals surface area (Å²) in [6.07, 6.45) is 0.931. The summed E-state index contributed by atoms with van der Waals surface area (Å²) in [5.74, 6) is 0.0253. The van der Waals surface area contributed by atoms with Crippen LogP contribution in [0.3, 0.4) is 0 Å². The molecule has 1 aliphatic rings. The van der Waals surface area contributed by atoms with Crippen LogP contribution in [0.4, 0.5) is 4.79 Å². The molecular formula is C66H63N3O10. The summed E-state index contributed by atoms with van der Waals surface area (Å²) in [6.45, 7) is 8.45. The lowest BCUT2D eigenvalue weighted by Gasteiger charge is -2.22. The van der Waals surface area contributed by atoms with E-state index in [1.165, 1.54) is 23.4 Å². The van der Waals surface area contributed by atoms with Crippen molar-refractivity contribution in [2.24, 2.45) is 0 Å². The number of carbonyl (C=O) groups excluding carboxylic acids is 3. The van der Waals surface area contributed by atoms with Gasteiger partial charge in [0.25, 0.3) is 11.8 Å². The molecule has 402 valence electrons. The lowest BCUT2D eigenvalue weighted by atomic mass is 9.95. The summed E-state index contributed by atoms with van der Waals surface area (Å²) in [6, 6.07) is 59.4. The molecule has 0 saturated carbocycles. The van der Waals surface area contributed by atoms with E-state index in [2.05, 4.69) is 0 Å². The van der Waals surface area contributed by atoms with Crippen LogP contribution in [-0.4, -0.2) is 56.8 Å². The van der Waals surface area contributed by atoms with E-state index in [0.717, 1.165) is 27.2 Å². The normalized spacial score (nSPS) is 13.2. The van der Waals surface area contributed by atoms with Gasteiger partial charge in [0, 0.05) is 48.5 Å². The Morgan fingerprint density at radius 3 is 1.38 bits per heavy atom. The second kappa shape index (κ2) is 24.9. The highest BCUT2D eigenvalue weighted by Crippen LogP contribution is 2.45. The summed E-state index contributed by atoms with van der Waals surface area (Å²) >= 11 is 0. The van der Waals surface area contributed by atoms with Crippen molar-refractivity contribution in [1.29, 1.82) is 0 Å². The van der Waals surface area contributed by atoms with Gasteiger partial charge in [-0.2, -0.15) is 0 Å². The number of ether oxygens (including phenoxy) is 6. The predicted molar refractivity (Wildman–Crippen MR) is 305 cm³/mol. The third kappa shape index (κ3) is 12.8. The maximum atomic E-state index is 14.8.